The third kappa shape index (κ3) is 3.80. The Kier molecular flexibility index (Phi) is 5.66. The van der Waals surface area contributed by atoms with Crippen molar-refractivity contribution in [3.63, 3.8) is 0 Å². The Morgan fingerprint density at radius 3 is 2.86 bits per heavy atom. The van der Waals surface area contributed by atoms with Crippen molar-refractivity contribution < 1.29 is 20.1 Å². The van der Waals surface area contributed by atoms with Crippen molar-refractivity contribution in [2.24, 2.45) is 0 Å². The zero-order valence-electron chi connectivity index (χ0n) is 15.3. The van der Waals surface area contributed by atoms with E-state index < -0.39 is 30.6 Å². The summed E-state index contributed by atoms with van der Waals surface area (Å²) in [5.74, 6) is 0.439. The third-order valence-electron chi connectivity index (χ3n) is 4.93. The van der Waals surface area contributed by atoms with Gasteiger partial charge >= 0.3 is 0 Å². The van der Waals surface area contributed by atoms with Gasteiger partial charge in [0.25, 0.3) is 0 Å². The van der Waals surface area contributed by atoms with E-state index in [1.165, 1.54) is 17.8 Å². The van der Waals surface area contributed by atoms with Crippen LogP contribution < -0.4 is 5.32 Å². The van der Waals surface area contributed by atoms with Gasteiger partial charge in [-0.2, -0.15) is 9.97 Å². The fourth-order valence-corrected chi connectivity index (χ4v) is 4.18. The number of imidazole rings is 1. The second-order valence-corrected chi connectivity index (χ2v) is 8.61. The summed E-state index contributed by atoms with van der Waals surface area (Å²) in [5.41, 5.74) is 0.190. The molecule has 0 amide bonds. The van der Waals surface area contributed by atoms with Crippen LogP contribution in [0.1, 0.15) is 18.7 Å². The van der Waals surface area contributed by atoms with Gasteiger partial charge in [0.2, 0.25) is 5.28 Å². The van der Waals surface area contributed by atoms with Gasteiger partial charge in [-0.1, -0.05) is 12.1 Å². The minimum absolute atomic E-state index is 0.00119. The van der Waals surface area contributed by atoms with Crippen LogP contribution in [-0.4, -0.2) is 59.3 Å². The van der Waals surface area contributed by atoms with Gasteiger partial charge in [-0.3, -0.25) is 4.57 Å². The highest BCUT2D eigenvalue weighted by Gasteiger charge is 2.53. The maximum Gasteiger partial charge on any atom is 0.226 e. The maximum atomic E-state index is 10.7. The number of rotatable bonds is 5. The molecule has 4 atom stereocenters. The molecule has 3 heterocycles. The molecule has 1 saturated heterocycles. The SMILES string of the molecule is C[C@@]1(O)[C@H](O)[C@@H](CO)O[C@H]1n1cnc2c(NCc3cccc(I)c3)nc(Cl)nc21. The summed E-state index contributed by atoms with van der Waals surface area (Å²) >= 11 is 8.37. The van der Waals surface area contributed by atoms with E-state index in [9.17, 15) is 15.3 Å². The zero-order valence-corrected chi connectivity index (χ0v) is 18.2. The number of fused-ring (bicyclic) bond motifs is 1. The summed E-state index contributed by atoms with van der Waals surface area (Å²) in [5, 5.41) is 33.6. The molecule has 4 N–H and O–H groups in total. The number of anilines is 1. The number of aliphatic hydroxyl groups excluding tert-OH is 2. The van der Waals surface area contributed by atoms with Crippen molar-refractivity contribution in [1.82, 2.24) is 19.5 Å². The lowest BCUT2D eigenvalue weighted by Gasteiger charge is -2.27. The van der Waals surface area contributed by atoms with Gasteiger partial charge in [0.05, 0.1) is 12.9 Å². The molecule has 1 aliphatic heterocycles. The normalized spacial score (nSPS) is 26.9. The number of nitrogens with one attached hydrogen (secondary N) is 1. The smallest absolute Gasteiger partial charge is 0.226 e. The molecular formula is C18H19ClIN5O4. The Balaban J connectivity index is 1.68. The largest absolute Gasteiger partial charge is 0.394 e. The van der Waals surface area contributed by atoms with Crippen molar-refractivity contribution in [2.45, 2.75) is 37.5 Å². The van der Waals surface area contributed by atoms with E-state index in [1.807, 2.05) is 24.3 Å². The van der Waals surface area contributed by atoms with E-state index in [4.69, 9.17) is 16.3 Å². The van der Waals surface area contributed by atoms with Crippen LogP contribution in [0, 0.1) is 3.57 Å². The van der Waals surface area contributed by atoms with Gasteiger partial charge in [-0.25, -0.2) is 4.98 Å². The molecular weight excluding hydrogens is 513 g/mol. The quantitative estimate of drug-likeness (QED) is 0.290. The standard InChI is InChI=1S/C18H19ClIN5O4/c1-18(28)13(27)11(7-26)29-16(18)25-8-22-12-14(23-17(19)24-15(12)25)21-6-9-3-2-4-10(20)5-9/h2-5,8,11,13,16,26-28H,6-7H2,1H3,(H,21,23,24)/t11-,13-,16-,18-/m1/s1. The highest BCUT2D eigenvalue weighted by molar-refractivity contribution is 14.1. The highest BCUT2D eigenvalue weighted by Crippen LogP contribution is 2.39. The molecule has 154 valence electrons. The molecule has 11 heteroatoms. The fourth-order valence-electron chi connectivity index (χ4n) is 3.41. The zero-order chi connectivity index (χ0) is 20.8. The summed E-state index contributed by atoms with van der Waals surface area (Å²) in [6.45, 7) is 1.51. The van der Waals surface area contributed by atoms with Crippen LogP contribution >= 0.6 is 34.2 Å². The van der Waals surface area contributed by atoms with Crippen molar-refractivity contribution in [3.8, 4) is 0 Å². The highest BCUT2D eigenvalue weighted by atomic mass is 127. The predicted octanol–water partition coefficient (Wildman–Crippen LogP) is 1.70. The molecule has 0 unspecified atom stereocenters. The molecule has 1 fully saturated rings. The summed E-state index contributed by atoms with van der Waals surface area (Å²) in [4.78, 5) is 12.8. The van der Waals surface area contributed by atoms with Crippen molar-refractivity contribution in [2.75, 3.05) is 11.9 Å². The number of aromatic nitrogens is 4. The number of aliphatic hydroxyl groups is 3. The molecule has 1 aliphatic rings. The minimum Gasteiger partial charge on any atom is -0.394 e. The van der Waals surface area contributed by atoms with Gasteiger partial charge in [0.15, 0.2) is 23.2 Å². The van der Waals surface area contributed by atoms with Crippen LogP contribution in [-0.2, 0) is 11.3 Å². The van der Waals surface area contributed by atoms with E-state index in [-0.39, 0.29) is 5.28 Å². The van der Waals surface area contributed by atoms with E-state index in [2.05, 4.69) is 42.9 Å². The second kappa shape index (κ2) is 7.93. The van der Waals surface area contributed by atoms with Crippen molar-refractivity contribution >= 4 is 51.2 Å². The maximum absolute atomic E-state index is 10.7. The molecule has 2 aromatic heterocycles. The molecule has 29 heavy (non-hydrogen) atoms. The molecule has 0 saturated carbocycles. The Labute approximate surface area is 184 Å². The van der Waals surface area contributed by atoms with Crippen LogP contribution in [0.15, 0.2) is 30.6 Å². The Bertz CT molecular complexity index is 1050. The van der Waals surface area contributed by atoms with Gasteiger partial charge < -0.3 is 25.4 Å². The van der Waals surface area contributed by atoms with E-state index in [1.54, 1.807) is 0 Å². The van der Waals surface area contributed by atoms with Crippen molar-refractivity contribution in [1.29, 1.82) is 0 Å². The molecule has 0 radical (unpaired) electrons. The van der Waals surface area contributed by atoms with Crippen molar-refractivity contribution in [3.05, 3.63) is 45.0 Å². The van der Waals surface area contributed by atoms with E-state index in [0.717, 1.165) is 9.13 Å². The average molecular weight is 532 g/mol. The van der Waals surface area contributed by atoms with Crippen LogP contribution in [0.4, 0.5) is 5.82 Å². The van der Waals surface area contributed by atoms with Crippen LogP contribution in [0.25, 0.3) is 11.2 Å². The fraction of sp³-hybridized carbons (Fsp3) is 0.389. The van der Waals surface area contributed by atoms with Crippen LogP contribution in [0.5, 0.6) is 0 Å². The van der Waals surface area contributed by atoms with Gasteiger partial charge in [0, 0.05) is 10.1 Å². The minimum atomic E-state index is -1.66. The molecule has 4 rings (SSSR count). The number of halogens is 2. The first-order valence-electron chi connectivity index (χ1n) is 8.86. The van der Waals surface area contributed by atoms with E-state index in [0.29, 0.717) is 23.5 Å². The topological polar surface area (TPSA) is 126 Å². The molecule has 0 spiro atoms. The first-order valence-corrected chi connectivity index (χ1v) is 10.3. The monoisotopic (exact) mass is 531 g/mol. The molecule has 0 bridgehead atoms. The van der Waals surface area contributed by atoms with Gasteiger partial charge in [-0.15, -0.1) is 0 Å². The Morgan fingerprint density at radius 1 is 1.38 bits per heavy atom. The summed E-state index contributed by atoms with van der Waals surface area (Å²) in [6.07, 6.45) is -1.76. The number of hydrogen-bond donors (Lipinski definition) is 4. The lowest BCUT2D eigenvalue weighted by Crippen LogP contribution is -2.44. The van der Waals surface area contributed by atoms with Crippen LogP contribution in [0.2, 0.25) is 5.28 Å². The summed E-state index contributed by atoms with van der Waals surface area (Å²) < 4.78 is 8.27. The number of ether oxygens (including phenoxy) is 1. The number of benzene rings is 1. The summed E-state index contributed by atoms with van der Waals surface area (Å²) in [6, 6.07) is 8.02. The van der Waals surface area contributed by atoms with E-state index >= 15 is 0 Å². The number of hydrogen-bond acceptors (Lipinski definition) is 8. The Hall–Kier alpha value is -1.57. The average Bonchev–Trinajstić information content (AvgIpc) is 3.18. The third-order valence-corrected chi connectivity index (χ3v) is 5.77. The summed E-state index contributed by atoms with van der Waals surface area (Å²) in [7, 11) is 0. The van der Waals surface area contributed by atoms with Gasteiger partial charge in [0.1, 0.15) is 17.8 Å². The van der Waals surface area contributed by atoms with Gasteiger partial charge in [-0.05, 0) is 58.8 Å². The first kappa shape index (κ1) is 20.7. The lowest BCUT2D eigenvalue weighted by molar-refractivity contribution is -0.0950. The predicted molar refractivity (Wildman–Crippen MR) is 114 cm³/mol. The molecule has 1 aromatic carbocycles. The Morgan fingerprint density at radius 2 is 2.17 bits per heavy atom. The second-order valence-electron chi connectivity index (χ2n) is 7.03. The number of nitrogens with zero attached hydrogens (tertiary/aromatic N) is 4. The first-order chi connectivity index (χ1) is 13.8. The molecule has 3 aromatic rings. The van der Waals surface area contributed by atoms with Crippen LogP contribution in [0.3, 0.4) is 0 Å². The molecule has 0 aliphatic carbocycles. The molecule has 9 nitrogen and oxygen atoms in total. The lowest BCUT2D eigenvalue weighted by atomic mass is 9.96.